The van der Waals surface area contributed by atoms with Gasteiger partial charge in [0.25, 0.3) is 0 Å². The third kappa shape index (κ3) is 4.24. The van der Waals surface area contributed by atoms with Gasteiger partial charge in [0.15, 0.2) is 0 Å². The molecule has 0 aliphatic carbocycles. The normalized spacial score (nSPS) is 13.2. The number of hydrogen-bond acceptors (Lipinski definition) is 3. The first-order chi connectivity index (χ1) is 10.3. The number of rotatable bonds is 5. The molecule has 1 atom stereocenters. The minimum atomic E-state index is -4.41. The Hall–Kier alpha value is -2.02. The van der Waals surface area contributed by atoms with Crippen molar-refractivity contribution in [3.8, 4) is 5.75 Å². The molecule has 0 unspecified atom stereocenters. The number of aliphatic hydroxyl groups excluding tert-OH is 1. The molecule has 2 aromatic rings. The number of aryl methyl sites for hydroxylation is 2. The molecule has 0 saturated heterocycles. The topological polar surface area (TPSA) is 47.3 Å². The molecule has 1 heterocycles. The standard InChI is InChI=1S/C15H17F3N2O2/c1-10-6-11(2)20(19-10)8-13(21)9-22-14-5-3-4-12(7-14)15(16,17)18/h3-7,13,21H,8-9H2,1-2H3/t13-/m0/s1. The smallest absolute Gasteiger partial charge is 0.416 e. The molecule has 0 aliphatic rings. The highest BCUT2D eigenvalue weighted by Gasteiger charge is 2.30. The number of ether oxygens (including phenoxy) is 1. The summed E-state index contributed by atoms with van der Waals surface area (Å²) in [6.07, 6.45) is -5.28. The van der Waals surface area contributed by atoms with E-state index in [1.54, 1.807) is 4.68 Å². The molecule has 4 nitrogen and oxygen atoms in total. The number of halogens is 3. The number of benzene rings is 1. The average Bonchev–Trinajstić information content (AvgIpc) is 2.74. The Kier molecular flexibility index (Phi) is 4.75. The number of alkyl halides is 3. The maximum atomic E-state index is 12.6. The lowest BCUT2D eigenvalue weighted by molar-refractivity contribution is -0.137. The Balaban J connectivity index is 1.94. The van der Waals surface area contributed by atoms with Crippen LogP contribution in [0.25, 0.3) is 0 Å². The largest absolute Gasteiger partial charge is 0.491 e. The van der Waals surface area contributed by atoms with Crippen molar-refractivity contribution in [3.63, 3.8) is 0 Å². The predicted octanol–water partition coefficient (Wildman–Crippen LogP) is 2.96. The molecule has 22 heavy (non-hydrogen) atoms. The van der Waals surface area contributed by atoms with Crippen molar-refractivity contribution in [2.24, 2.45) is 0 Å². The molecule has 0 aliphatic heterocycles. The van der Waals surface area contributed by atoms with E-state index < -0.39 is 17.8 Å². The van der Waals surface area contributed by atoms with Crippen LogP contribution >= 0.6 is 0 Å². The van der Waals surface area contributed by atoms with Crippen LogP contribution in [0.1, 0.15) is 17.0 Å². The lowest BCUT2D eigenvalue weighted by Crippen LogP contribution is -2.24. The Morgan fingerprint density at radius 1 is 1.27 bits per heavy atom. The van der Waals surface area contributed by atoms with Crippen molar-refractivity contribution in [3.05, 3.63) is 47.3 Å². The van der Waals surface area contributed by atoms with Crippen LogP contribution in [0.2, 0.25) is 0 Å². The maximum Gasteiger partial charge on any atom is 0.416 e. The second-order valence-corrected chi connectivity index (χ2v) is 5.10. The molecule has 1 aromatic carbocycles. The van der Waals surface area contributed by atoms with E-state index in [1.165, 1.54) is 12.1 Å². The molecular weight excluding hydrogens is 297 g/mol. The summed E-state index contributed by atoms with van der Waals surface area (Å²) in [4.78, 5) is 0. The Morgan fingerprint density at radius 3 is 2.59 bits per heavy atom. The van der Waals surface area contributed by atoms with Crippen molar-refractivity contribution in [2.75, 3.05) is 6.61 Å². The summed E-state index contributed by atoms with van der Waals surface area (Å²) in [6.45, 7) is 3.81. The van der Waals surface area contributed by atoms with E-state index in [4.69, 9.17) is 4.74 Å². The van der Waals surface area contributed by atoms with E-state index in [1.807, 2.05) is 19.9 Å². The number of aliphatic hydroxyl groups is 1. The molecule has 0 spiro atoms. The number of hydrogen-bond donors (Lipinski definition) is 1. The van der Waals surface area contributed by atoms with Crippen LogP contribution in [0.4, 0.5) is 13.2 Å². The van der Waals surface area contributed by atoms with Crippen molar-refractivity contribution in [1.82, 2.24) is 9.78 Å². The summed E-state index contributed by atoms with van der Waals surface area (Å²) in [7, 11) is 0. The summed E-state index contributed by atoms with van der Waals surface area (Å²) in [5, 5.41) is 14.1. The molecule has 1 N–H and O–H groups in total. The van der Waals surface area contributed by atoms with E-state index in [9.17, 15) is 18.3 Å². The van der Waals surface area contributed by atoms with Gasteiger partial charge >= 0.3 is 6.18 Å². The van der Waals surface area contributed by atoms with Crippen molar-refractivity contribution < 1.29 is 23.0 Å². The molecule has 1 aromatic heterocycles. The van der Waals surface area contributed by atoms with Crippen LogP contribution in [-0.2, 0) is 12.7 Å². The molecular formula is C15H17F3N2O2. The highest BCUT2D eigenvalue weighted by molar-refractivity contribution is 5.30. The fourth-order valence-corrected chi connectivity index (χ4v) is 2.07. The van der Waals surface area contributed by atoms with Gasteiger partial charge in [0.05, 0.1) is 17.8 Å². The van der Waals surface area contributed by atoms with Crippen LogP contribution in [0.15, 0.2) is 30.3 Å². The molecule has 7 heteroatoms. The minimum absolute atomic E-state index is 0.0715. The molecule has 0 fully saturated rings. The third-order valence-electron chi connectivity index (χ3n) is 3.09. The molecule has 0 saturated carbocycles. The SMILES string of the molecule is Cc1cc(C)n(C[C@H](O)COc2cccc(C(F)(F)F)c2)n1. The average molecular weight is 314 g/mol. The fourth-order valence-electron chi connectivity index (χ4n) is 2.07. The summed E-state index contributed by atoms with van der Waals surface area (Å²) in [5.74, 6) is 0.0715. The van der Waals surface area contributed by atoms with Crippen LogP contribution < -0.4 is 4.74 Å². The summed E-state index contributed by atoms with van der Waals surface area (Å²) >= 11 is 0. The van der Waals surface area contributed by atoms with E-state index in [-0.39, 0.29) is 18.9 Å². The molecule has 0 amide bonds. The summed E-state index contributed by atoms with van der Waals surface area (Å²) < 4.78 is 44.6. The molecule has 0 bridgehead atoms. The van der Waals surface area contributed by atoms with Gasteiger partial charge in [-0.25, -0.2) is 0 Å². The van der Waals surface area contributed by atoms with E-state index in [0.717, 1.165) is 23.5 Å². The Morgan fingerprint density at radius 2 is 2.00 bits per heavy atom. The van der Waals surface area contributed by atoms with Crippen LogP contribution in [0.5, 0.6) is 5.75 Å². The Bertz CT molecular complexity index is 638. The van der Waals surface area contributed by atoms with Crippen molar-refractivity contribution >= 4 is 0 Å². The van der Waals surface area contributed by atoms with Gasteiger partial charge in [-0.3, -0.25) is 4.68 Å². The monoisotopic (exact) mass is 314 g/mol. The lowest BCUT2D eigenvalue weighted by atomic mass is 10.2. The van der Waals surface area contributed by atoms with Crippen LogP contribution in [0, 0.1) is 13.8 Å². The fraction of sp³-hybridized carbons (Fsp3) is 0.400. The number of nitrogens with zero attached hydrogens (tertiary/aromatic N) is 2. The van der Waals surface area contributed by atoms with Crippen LogP contribution in [-0.4, -0.2) is 27.6 Å². The van der Waals surface area contributed by atoms with E-state index in [0.29, 0.717) is 0 Å². The van der Waals surface area contributed by atoms with Gasteiger partial charge in [-0.2, -0.15) is 18.3 Å². The molecule has 120 valence electrons. The van der Waals surface area contributed by atoms with Gasteiger partial charge < -0.3 is 9.84 Å². The second-order valence-electron chi connectivity index (χ2n) is 5.10. The highest BCUT2D eigenvalue weighted by atomic mass is 19.4. The van der Waals surface area contributed by atoms with Gasteiger partial charge in [0.2, 0.25) is 0 Å². The van der Waals surface area contributed by atoms with Gasteiger partial charge in [0, 0.05) is 5.69 Å². The first-order valence-corrected chi connectivity index (χ1v) is 6.75. The first-order valence-electron chi connectivity index (χ1n) is 6.75. The first kappa shape index (κ1) is 16.4. The zero-order valence-electron chi connectivity index (χ0n) is 12.3. The molecule has 0 radical (unpaired) electrons. The minimum Gasteiger partial charge on any atom is -0.491 e. The lowest BCUT2D eigenvalue weighted by Gasteiger charge is -2.14. The van der Waals surface area contributed by atoms with E-state index >= 15 is 0 Å². The summed E-state index contributed by atoms with van der Waals surface area (Å²) in [6, 6.07) is 6.45. The zero-order chi connectivity index (χ0) is 16.3. The summed E-state index contributed by atoms with van der Waals surface area (Å²) in [5.41, 5.74) is 0.956. The Labute approximate surface area is 126 Å². The van der Waals surface area contributed by atoms with Crippen LogP contribution in [0.3, 0.4) is 0 Å². The maximum absolute atomic E-state index is 12.6. The zero-order valence-corrected chi connectivity index (χ0v) is 12.3. The van der Waals surface area contributed by atoms with Gasteiger partial charge in [0.1, 0.15) is 18.5 Å². The van der Waals surface area contributed by atoms with Gasteiger partial charge in [-0.1, -0.05) is 6.07 Å². The van der Waals surface area contributed by atoms with Crippen molar-refractivity contribution in [2.45, 2.75) is 32.7 Å². The number of aromatic nitrogens is 2. The quantitative estimate of drug-likeness (QED) is 0.923. The van der Waals surface area contributed by atoms with E-state index in [2.05, 4.69) is 5.10 Å². The molecule has 2 rings (SSSR count). The highest BCUT2D eigenvalue weighted by Crippen LogP contribution is 2.31. The third-order valence-corrected chi connectivity index (χ3v) is 3.09. The van der Waals surface area contributed by atoms with Crippen molar-refractivity contribution in [1.29, 1.82) is 0 Å². The van der Waals surface area contributed by atoms with Gasteiger partial charge in [-0.15, -0.1) is 0 Å². The predicted molar refractivity (Wildman–Crippen MR) is 74.6 cm³/mol. The second kappa shape index (κ2) is 6.39. The van der Waals surface area contributed by atoms with Gasteiger partial charge in [-0.05, 0) is 38.1 Å².